The molecule has 84 valence electrons. The number of benzene rings is 1. The summed E-state index contributed by atoms with van der Waals surface area (Å²) in [5.41, 5.74) is 7.49. The Morgan fingerprint density at radius 3 is 2.20 bits per heavy atom. The van der Waals surface area contributed by atoms with E-state index in [9.17, 15) is 0 Å². The predicted octanol–water partition coefficient (Wildman–Crippen LogP) is 2.08. The summed E-state index contributed by atoms with van der Waals surface area (Å²) in [5.74, 6) is 0. The van der Waals surface area contributed by atoms with Gasteiger partial charge in [0.1, 0.15) is 0 Å². The molecule has 1 atom stereocenters. The molecule has 0 bridgehead atoms. The van der Waals surface area contributed by atoms with Crippen molar-refractivity contribution in [3.63, 3.8) is 0 Å². The minimum absolute atomic E-state index is 0. The van der Waals surface area contributed by atoms with Crippen LogP contribution < -0.4 is 11.0 Å². The minimum atomic E-state index is 0. The molecule has 0 amide bonds. The van der Waals surface area contributed by atoms with Gasteiger partial charge in [0, 0.05) is 5.69 Å². The fraction of sp³-hybridized carbons (Fsp3) is 0.500. The van der Waals surface area contributed by atoms with Gasteiger partial charge in [0.25, 0.3) is 0 Å². The Labute approximate surface area is 93.4 Å². The van der Waals surface area contributed by atoms with Gasteiger partial charge in [-0.05, 0) is 35.9 Å². The van der Waals surface area contributed by atoms with Gasteiger partial charge in [0.2, 0.25) is 0 Å². The average Bonchev–Trinajstić information content (AvgIpc) is 2.23. The molecule has 0 heterocycles. The van der Waals surface area contributed by atoms with Gasteiger partial charge in [-0.3, -0.25) is 0 Å². The van der Waals surface area contributed by atoms with Gasteiger partial charge < -0.3 is 11.2 Å². The number of nitrogens with two attached hydrogens (primary N) is 1. The molecule has 1 unspecified atom stereocenters. The summed E-state index contributed by atoms with van der Waals surface area (Å²) in [5, 5.41) is 1.48. The molecule has 1 aliphatic rings. The summed E-state index contributed by atoms with van der Waals surface area (Å²) >= 11 is 0. The quantitative estimate of drug-likeness (QED) is 0.608. The molecule has 2 rings (SSSR count). The van der Waals surface area contributed by atoms with Crippen LogP contribution in [0, 0.1) is 0 Å². The average molecular weight is 225 g/mol. The highest BCUT2D eigenvalue weighted by Gasteiger charge is 2.13. The monoisotopic (exact) mass is 225 g/mol. The van der Waals surface area contributed by atoms with E-state index in [1.807, 2.05) is 12.1 Å². The fourth-order valence-electron chi connectivity index (χ4n) is 2.06. The molecule has 1 fully saturated rings. The maximum Gasteiger partial charge on any atom is 0.0314 e. The predicted molar refractivity (Wildman–Crippen MR) is 69.3 cm³/mol. The third-order valence-corrected chi connectivity index (χ3v) is 4.54. The van der Waals surface area contributed by atoms with Gasteiger partial charge in [-0.15, -0.1) is 0 Å². The summed E-state index contributed by atoms with van der Waals surface area (Å²) in [6.07, 6.45) is 7.19. The fourth-order valence-corrected chi connectivity index (χ4v) is 3.59. The summed E-state index contributed by atoms with van der Waals surface area (Å²) in [4.78, 5) is 0. The van der Waals surface area contributed by atoms with Crippen LogP contribution in [0.3, 0.4) is 0 Å². The number of rotatable bonds is 2. The Morgan fingerprint density at radius 1 is 1.00 bits per heavy atom. The van der Waals surface area contributed by atoms with E-state index in [0.717, 1.165) is 19.9 Å². The lowest BCUT2D eigenvalue weighted by Gasteiger charge is -2.21. The Bertz CT molecular complexity index is 280. The second-order valence-electron chi connectivity index (χ2n) is 4.10. The molecular weight excluding hydrogens is 205 g/mol. The number of nitrogen functional groups attached to an aromatic ring is 1. The van der Waals surface area contributed by atoms with E-state index < -0.39 is 0 Å². The third-order valence-electron chi connectivity index (χ3n) is 2.89. The normalized spacial score (nSPS) is 17.9. The molecule has 1 saturated carbocycles. The van der Waals surface area contributed by atoms with Crippen molar-refractivity contribution < 1.29 is 5.48 Å². The van der Waals surface area contributed by atoms with E-state index in [-0.39, 0.29) is 5.48 Å². The summed E-state index contributed by atoms with van der Waals surface area (Å²) in [6, 6.07) is 8.40. The Hall–Kier alpha value is -0.590. The molecule has 15 heavy (non-hydrogen) atoms. The van der Waals surface area contributed by atoms with Crippen LogP contribution >= 0.6 is 8.58 Å². The van der Waals surface area contributed by atoms with Gasteiger partial charge in [-0.25, -0.2) is 0 Å². The lowest BCUT2D eigenvalue weighted by Crippen LogP contribution is -2.10. The smallest absolute Gasteiger partial charge is 0.0314 e. The minimum Gasteiger partial charge on any atom is -0.412 e. The molecule has 4 N–H and O–H groups in total. The molecular formula is C12H20NOP. The molecule has 0 aliphatic heterocycles. The molecule has 0 aromatic heterocycles. The molecule has 0 radical (unpaired) electrons. The first-order valence-electron chi connectivity index (χ1n) is 5.47. The zero-order valence-electron chi connectivity index (χ0n) is 9.00. The first kappa shape index (κ1) is 12.5. The van der Waals surface area contributed by atoms with Crippen molar-refractivity contribution in [1.29, 1.82) is 0 Å². The van der Waals surface area contributed by atoms with Gasteiger partial charge >= 0.3 is 0 Å². The van der Waals surface area contributed by atoms with Crippen molar-refractivity contribution in [2.45, 2.75) is 37.8 Å². The van der Waals surface area contributed by atoms with Crippen molar-refractivity contribution in [1.82, 2.24) is 0 Å². The lowest BCUT2D eigenvalue weighted by atomic mass is 10.0. The van der Waals surface area contributed by atoms with Gasteiger partial charge in [-0.1, -0.05) is 40.0 Å². The van der Waals surface area contributed by atoms with Crippen molar-refractivity contribution in [2.24, 2.45) is 0 Å². The second kappa shape index (κ2) is 6.09. The summed E-state index contributed by atoms with van der Waals surface area (Å²) in [7, 11) is 0.994. The molecule has 0 spiro atoms. The maximum atomic E-state index is 5.66. The molecule has 1 aromatic carbocycles. The van der Waals surface area contributed by atoms with Crippen LogP contribution in [-0.4, -0.2) is 11.1 Å². The van der Waals surface area contributed by atoms with E-state index in [1.54, 1.807) is 0 Å². The Balaban J connectivity index is 0.00000112. The van der Waals surface area contributed by atoms with Crippen LogP contribution in [0.2, 0.25) is 0 Å². The summed E-state index contributed by atoms with van der Waals surface area (Å²) in [6.45, 7) is 0. The van der Waals surface area contributed by atoms with Crippen LogP contribution in [0.15, 0.2) is 24.3 Å². The standard InChI is InChI=1S/C12H18NP.H2O/c13-10-6-8-12(9-7-10)14-11-4-2-1-3-5-11;/h6-9,11,14H,1-5,13H2;1H2. The first-order valence-corrected chi connectivity index (χ1v) is 6.54. The summed E-state index contributed by atoms with van der Waals surface area (Å²) < 4.78 is 0. The highest BCUT2D eigenvalue weighted by atomic mass is 31.1. The van der Waals surface area contributed by atoms with Crippen LogP contribution in [0.1, 0.15) is 32.1 Å². The van der Waals surface area contributed by atoms with E-state index in [4.69, 9.17) is 5.73 Å². The van der Waals surface area contributed by atoms with Gasteiger partial charge in [0.15, 0.2) is 0 Å². The first-order chi connectivity index (χ1) is 6.84. The van der Waals surface area contributed by atoms with Crippen LogP contribution in [-0.2, 0) is 0 Å². The molecule has 0 saturated heterocycles. The SMILES string of the molecule is Nc1ccc(PC2CCCCC2)cc1.O. The van der Waals surface area contributed by atoms with Gasteiger partial charge in [-0.2, -0.15) is 0 Å². The molecule has 1 aromatic rings. The van der Waals surface area contributed by atoms with E-state index in [2.05, 4.69) is 12.1 Å². The highest BCUT2D eigenvalue weighted by molar-refractivity contribution is 7.48. The zero-order chi connectivity index (χ0) is 9.80. The van der Waals surface area contributed by atoms with Crippen LogP contribution in [0.4, 0.5) is 5.69 Å². The largest absolute Gasteiger partial charge is 0.412 e. The number of anilines is 1. The Morgan fingerprint density at radius 2 is 1.60 bits per heavy atom. The third kappa shape index (κ3) is 3.81. The van der Waals surface area contributed by atoms with E-state index in [0.29, 0.717) is 0 Å². The topological polar surface area (TPSA) is 57.5 Å². The Kier molecular flexibility index (Phi) is 5.07. The van der Waals surface area contributed by atoms with Crippen LogP contribution in [0.25, 0.3) is 0 Å². The number of hydrogen-bond acceptors (Lipinski definition) is 1. The van der Waals surface area contributed by atoms with Crippen molar-refractivity contribution in [3.8, 4) is 0 Å². The van der Waals surface area contributed by atoms with E-state index >= 15 is 0 Å². The second-order valence-corrected chi connectivity index (χ2v) is 5.78. The maximum absolute atomic E-state index is 5.66. The molecule has 2 nitrogen and oxygen atoms in total. The molecule has 1 aliphatic carbocycles. The highest BCUT2D eigenvalue weighted by Crippen LogP contribution is 2.32. The van der Waals surface area contributed by atoms with Crippen molar-refractivity contribution >= 4 is 19.6 Å². The van der Waals surface area contributed by atoms with Crippen molar-refractivity contribution in [2.75, 3.05) is 5.73 Å². The molecule has 3 heteroatoms. The van der Waals surface area contributed by atoms with E-state index in [1.165, 1.54) is 37.4 Å². The van der Waals surface area contributed by atoms with Crippen LogP contribution in [0.5, 0.6) is 0 Å². The van der Waals surface area contributed by atoms with Crippen molar-refractivity contribution in [3.05, 3.63) is 24.3 Å². The van der Waals surface area contributed by atoms with Gasteiger partial charge in [0.05, 0.1) is 0 Å². The lowest BCUT2D eigenvalue weighted by molar-refractivity contribution is 0.514. The zero-order valence-corrected chi connectivity index (χ0v) is 10.00. The number of hydrogen-bond donors (Lipinski definition) is 1.